The van der Waals surface area contributed by atoms with Crippen LogP contribution in [0.1, 0.15) is 23.5 Å². The van der Waals surface area contributed by atoms with Gasteiger partial charge in [-0.1, -0.05) is 48.6 Å². The van der Waals surface area contributed by atoms with Crippen LogP contribution in [0.5, 0.6) is 0 Å². The lowest BCUT2D eigenvalue weighted by Gasteiger charge is -2.18. The average molecular weight is 222 g/mol. The van der Waals surface area contributed by atoms with E-state index in [1.165, 1.54) is 16.7 Å². The number of carbonyl (C=O) groups is 1. The maximum absolute atomic E-state index is 11.4. The molecule has 0 N–H and O–H groups in total. The molecule has 1 aromatic carbocycles. The highest BCUT2D eigenvalue weighted by molar-refractivity contribution is 5.73. The number of hydrogen-bond donors (Lipinski definition) is 0. The van der Waals surface area contributed by atoms with E-state index in [2.05, 4.69) is 36.4 Å². The van der Waals surface area contributed by atoms with Gasteiger partial charge in [-0.05, 0) is 35.1 Å². The molecule has 1 atom stereocenters. The van der Waals surface area contributed by atoms with Gasteiger partial charge < -0.3 is 4.79 Å². The first-order chi connectivity index (χ1) is 8.40. The number of carbonyl (C=O) groups excluding carboxylic acids is 1. The lowest BCUT2D eigenvalue weighted by molar-refractivity contribution is -0.108. The first kappa shape index (κ1) is 10.3. The highest BCUT2D eigenvalue weighted by Gasteiger charge is 2.24. The minimum atomic E-state index is -0.0927. The van der Waals surface area contributed by atoms with E-state index in [4.69, 9.17) is 0 Å². The quantitative estimate of drug-likeness (QED) is 0.666. The van der Waals surface area contributed by atoms with Crippen LogP contribution >= 0.6 is 0 Å². The highest BCUT2D eigenvalue weighted by atomic mass is 16.1. The third kappa shape index (κ3) is 1.68. The van der Waals surface area contributed by atoms with E-state index < -0.39 is 0 Å². The van der Waals surface area contributed by atoms with Crippen molar-refractivity contribution >= 4 is 6.29 Å². The second-order valence-corrected chi connectivity index (χ2v) is 4.50. The van der Waals surface area contributed by atoms with Crippen molar-refractivity contribution in [1.82, 2.24) is 0 Å². The van der Waals surface area contributed by atoms with Crippen LogP contribution < -0.4 is 0 Å². The van der Waals surface area contributed by atoms with Gasteiger partial charge in [-0.15, -0.1) is 0 Å². The summed E-state index contributed by atoms with van der Waals surface area (Å²) in [5.41, 5.74) is 4.91. The Bertz CT molecular complexity index is 546. The van der Waals surface area contributed by atoms with Crippen LogP contribution in [-0.4, -0.2) is 6.29 Å². The third-order valence-electron chi connectivity index (χ3n) is 3.55. The summed E-state index contributed by atoms with van der Waals surface area (Å²) in [6.07, 6.45) is 11.5. The zero-order valence-electron chi connectivity index (χ0n) is 9.60. The fourth-order valence-electron chi connectivity index (χ4n) is 2.67. The number of hydrogen-bond acceptors (Lipinski definition) is 1. The van der Waals surface area contributed by atoms with Crippen molar-refractivity contribution in [2.24, 2.45) is 0 Å². The molecule has 1 unspecified atom stereocenters. The SMILES string of the molecule is O=CC1C2=CC=CCC2=CCc2ccccc21. The molecule has 0 heterocycles. The fraction of sp³-hybridized carbons (Fsp3) is 0.188. The van der Waals surface area contributed by atoms with Crippen LogP contribution in [0, 0.1) is 0 Å². The zero-order valence-corrected chi connectivity index (χ0v) is 9.60. The molecule has 0 fully saturated rings. The molecule has 1 heteroatoms. The number of rotatable bonds is 1. The van der Waals surface area contributed by atoms with Gasteiger partial charge in [0.25, 0.3) is 0 Å². The monoisotopic (exact) mass is 222 g/mol. The van der Waals surface area contributed by atoms with E-state index >= 15 is 0 Å². The van der Waals surface area contributed by atoms with Crippen LogP contribution in [0.2, 0.25) is 0 Å². The second kappa shape index (κ2) is 4.17. The van der Waals surface area contributed by atoms with Gasteiger partial charge in [0.15, 0.2) is 0 Å². The van der Waals surface area contributed by atoms with E-state index in [0.717, 1.165) is 24.7 Å². The Morgan fingerprint density at radius 1 is 1.18 bits per heavy atom. The fourth-order valence-corrected chi connectivity index (χ4v) is 2.67. The Balaban J connectivity index is 2.19. The number of benzene rings is 1. The molecule has 0 radical (unpaired) electrons. The molecule has 0 bridgehead atoms. The molecule has 0 spiro atoms. The third-order valence-corrected chi connectivity index (χ3v) is 3.55. The first-order valence-electron chi connectivity index (χ1n) is 5.99. The van der Waals surface area contributed by atoms with Crippen molar-refractivity contribution < 1.29 is 4.79 Å². The predicted octanol–water partition coefficient (Wildman–Crippen LogP) is 3.34. The average Bonchev–Trinajstić information content (AvgIpc) is 2.55. The number of fused-ring (bicyclic) bond motifs is 2. The van der Waals surface area contributed by atoms with Crippen LogP contribution in [0.25, 0.3) is 0 Å². The van der Waals surface area contributed by atoms with Gasteiger partial charge in [-0.25, -0.2) is 0 Å². The van der Waals surface area contributed by atoms with Gasteiger partial charge in [-0.2, -0.15) is 0 Å². The maximum atomic E-state index is 11.4. The highest BCUT2D eigenvalue weighted by Crippen LogP contribution is 2.36. The van der Waals surface area contributed by atoms with Crippen molar-refractivity contribution in [2.75, 3.05) is 0 Å². The first-order valence-corrected chi connectivity index (χ1v) is 5.99. The minimum Gasteiger partial charge on any atom is -0.302 e. The van der Waals surface area contributed by atoms with Crippen LogP contribution in [0.15, 0.2) is 59.7 Å². The molecule has 1 nitrogen and oxygen atoms in total. The normalized spacial score (nSPS) is 21.8. The molecule has 17 heavy (non-hydrogen) atoms. The van der Waals surface area contributed by atoms with Gasteiger partial charge in [0.05, 0.1) is 5.92 Å². The molecule has 0 saturated carbocycles. The summed E-state index contributed by atoms with van der Waals surface area (Å²) < 4.78 is 0. The molecule has 3 rings (SSSR count). The van der Waals surface area contributed by atoms with E-state index in [1.54, 1.807) is 0 Å². The standard InChI is InChI=1S/C16H14O/c17-11-16-14-7-3-1-5-12(14)9-10-13-6-2-4-8-15(13)16/h1-5,7-8,10-11,16H,6,9H2. The summed E-state index contributed by atoms with van der Waals surface area (Å²) in [4.78, 5) is 11.4. The van der Waals surface area contributed by atoms with Crippen molar-refractivity contribution in [3.63, 3.8) is 0 Å². The summed E-state index contributed by atoms with van der Waals surface area (Å²) in [6, 6.07) is 8.25. The molecular weight excluding hydrogens is 208 g/mol. The Kier molecular flexibility index (Phi) is 2.52. The molecule has 1 aromatic rings. The van der Waals surface area contributed by atoms with Crippen molar-refractivity contribution in [3.05, 3.63) is 70.8 Å². The van der Waals surface area contributed by atoms with Gasteiger partial charge in [-0.3, -0.25) is 0 Å². The second-order valence-electron chi connectivity index (χ2n) is 4.50. The minimum absolute atomic E-state index is 0.0927. The Labute approximate surface area is 101 Å². The van der Waals surface area contributed by atoms with Crippen LogP contribution in [0.3, 0.4) is 0 Å². The molecule has 0 aliphatic heterocycles. The van der Waals surface area contributed by atoms with Gasteiger partial charge in [0.1, 0.15) is 6.29 Å². The predicted molar refractivity (Wildman–Crippen MR) is 68.9 cm³/mol. The molecule has 0 aromatic heterocycles. The van der Waals surface area contributed by atoms with Crippen LogP contribution in [0.4, 0.5) is 0 Å². The van der Waals surface area contributed by atoms with Crippen LogP contribution in [-0.2, 0) is 11.2 Å². The summed E-state index contributed by atoms with van der Waals surface area (Å²) in [7, 11) is 0. The zero-order chi connectivity index (χ0) is 11.7. The maximum Gasteiger partial charge on any atom is 0.131 e. The lowest BCUT2D eigenvalue weighted by Crippen LogP contribution is -2.07. The Morgan fingerprint density at radius 3 is 2.94 bits per heavy atom. The topological polar surface area (TPSA) is 17.1 Å². The molecular formula is C16H14O. The summed E-state index contributed by atoms with van der Waals surface area (Å²) in [5.74, 6) is -0.0927. The summed E-state index contributed by atoms with van der Waals surface area (Å²) in [5, 5.41) is 0. The van der Waals surface area contributed by atoms with E-state index in [0.29, 0.717) is 0 Å². The molecule has 2 aliphatic rings. The van der Waals surface area contributed by atoms with Crippen molar-refractivity contribution in [3.8, 4) is 0 Å². The molecule has 84 valence electrons. The summed E-state index contributed by atoms with van der Waals surface area (Å²) in [6.45, 7) is 0. The van der Waals surface area contributed by atoms with E-state index in [9.17, 15) is 4.79 Å². The molecule has 0 saturated heterocycles. The van der Waals surface area contributed by atoms with E-state index in [-0.39, 0.29) is 5.92 Å². The largest absolute Gasteiger partial charge is 0.302 e. The Morgan fingerprint density at radius 2 is 2.06 bits per heavy atom. The lowest BCUT2D eigenvalue weighted by atomic mass is 9.85. The number of allylic oxidation sites excluding steroid dienone is 6. The van der Waals surface area contributed by atoms with Gasteiger partial charge in [0.2, 0.25) is 0 Å². The molecule has 2 aliphatic carbocycles. The van der Waals surface area contributed by atoms with Crippen molar-refractivity contribution in [1.29, 1.82) is 0 Å². The Hall–Kier alpha value is -1.89. The smallest absolute Gasteiger partial charge is 0.131 e. The summed E-state index contributed by atoms with van der Waals surface area (Å²) >= 11 is 0. The van der Waals surface area contributed by atoms with Gasteiger partial charge in [0, 0.05) is 0 Å². The number of aldehydes is 1. The van der Waals surface area contributed by atoms with Gasteiger partial charge >= 0.3 is 0 Å². The molecule has 0 amide bonds. The van der Waals surface area contributed by atoms with E-state index in [1.807, 2.05) is 12.1 Å². The van der Waals surface area contributed by atoms with Crippen molar-refractivity contribution in [2.45, 2.75) is 18.8 Å².